The first-order chi connectivity index (χ1) is 18.0. The third-order valence-electron chi connectivity index (χ3n) is 5.37. The van der Waals surface area contributed by atoms with Crippen LogP contribution in [0.1, 0.15) is 41.5 Å². The molecule has 1 aliphatic heterocycles. The Balaban J connectivity index is 1.47. The van der Waals surface area contributed by atoms with Gasteiger partial charge in [0.2, 0.25) is 0 Å². The first-order valence-electron chi connectivity index (χ1n) is 12.0. The third kappa shape index (κ3) is 7.49. The summed E-state index contributed by atoms with van der Waals surface area (Å²) in [7, 11) is 0. The summed E-state index contributed by atoms with van der Waals surface area (Å²) in [6.07, 6.45) is 0.599. The molecule has 0 spiro atoms. The lowest BCUT2D eigenvalue weighted by atomic mass is 10.1. The number of benzene rings is 1. The number of carboxylic acids is 1. The number of rotatable bonds is 12. The maximum atomic E-state index is 12.8. The highest BCUT2D eigenvalue weighted by molar-refractivity contribution is 6.21. The Hall–Kier alpha value is -4.03. The van der Waals surface area contributed by atoms with Crippen molar-refractivity contribution in [2.45, 2.75) is 32.9 Å². The molecular formula is C26H31N3O9. The van der Waals surface area contributed by atoms with Crippen molar-refractivity contribution in [3.05, 3.63) is 64.1 Å². The highest BCUT2D eigenvalue weighted by Crippen LogP contribution is 2.22. The fraction of sp³-hybridized carbons (Fsp3) is 0.423. The lowest BCUT2D eigenvalue weighted by Crippen LogP contribution is -2.39. The molecule has 204 valence electrons. The normalized spacial score (nSPS) is 13.0. The van der Waals surface area contributed by atoms with E-state index in [9.17, 15) is 24.0 Å². The standard InChI is InChI=1S/C26H31N3O9/c1-26(2,3)38-25(35)28(18-8-9-21(30)27(16-18)17-22(31)32)10-12-36-14-15-37-13-11-29-23(33)19-6-4-5-7-20(19)24(29)34/h4-9,16H,10-15,17H2,1-3H3,(H,31,32). The predicted octanol–water partition coefficient (Wildman–Crippen LogP) is 2.00. The summed E-state index contributed by atoms with van der Waals surface area (Å²) in [5.74, 6) is -1.89. The van der Waals surface area contributed by atoms with Crippen LogP contribution in [0.25, 0.3) is 0 Å². The van der Waals surface area contributed by atoms with Crippen molar-refractivity contribution in [1.29, 1.82) is 0 Å². The topological polar surface area (TPSA) is 145 Å². The summed E-state index contributed by atoms with van der Waals surface area (Å²) in [5.41, 5.74) is -0.253. The van der Waals surface area contributed by atoms with Crippen LogP contribution in [0, 0.1) is 0 Å². The molecule has 3 rings (SSSR count). The van der Waals surface area contributed by atoms with Crippen molar-refractivity contribution in [2.75, 3.05) is 44.4 Å². The van der Waals surface area contributed by atoms with E-state index in [0.29, 0.717) is 11.1 Å². The Morgan fingerprint density at radius 2 is 1.50 bits per heavy atom. The number of hydrogen-bond donors (Lipinski definition) is 1. The molecule has 0 saturated heterocycles. The summed E-state index contributed by atoms with van der Waals surface area (Å²) in [4.78, 5) is 63.0. The number of hydrogen-bond acceptors (Lipinski definition) is 8. The van der Waals surface area contributed by atoms with Gasteiger partial charge in [-0.15, -0.1) is 0 Å². The molecule has 12 nitrogen and oxygen atoms in total. The molecule has 12 heteroatoms. The zero-order chi connectivity index (χ0) is 27.9. The smallest absolute Gasteiger partial charge is 0.414 e. The van der Waals surface area contributed by atoms with Crippen LogP contribution >= 0.6 is 0 Å². The average Bonchev–Trinajstić information content (AvgIpc) is 3.08. The number of aromatic nitrogens is 1. The van der Waals surface area contributed by atoms with Gasteiger partial charge < -0.3 is 23.9 Å². The van der Waals surface area contributed by atoms with Gasteiger partial charge in [-0.3, -0.25) is 29.0 Å². The SMILES string of the molecule is CC(C)(C)OC(=O)N(CCOCCOCCN1C(=O)c2ccccc2C1=O)c1ccc(=O)n(CC(=O)O)c1. The van der Waals surface area contributed by atoms with E-state index in [2.05, 4.69) is 0 Å². The predicted molar refractivity (Wildman–Crippen MR) is 135 cm³/mol. The molecule has 1 aromatic heterocycles. The van der Waals surface area contributed by atoms with E-state index in [0.717, 1.165) is 9.47 Å². The van der Waals surface area contributed by atoms with Crippen LogP contribution in [0.15, 0.2) is 47.4 Å². The minimum atomic E-state index is -1.19. The van der Waals surface area contributed by atoms with Crippen LogP contribution in [-0.4, -0.2) is 83.6 Å². The number of ether oxygens (including phenoxy) is 3. The van der Waals surface area contributed by atoms with E-state index in [1.54, 1.807) is 45.0 Å². The Morgan fingerprint density at radius 1 is 0.895 bits per heavy atom. The lowest BCUT2D eigenvalue weighted by Gasteiger charge is -2.27. The molecule has 0 aliphatic carbocycles. The monoisotopic (exact) mass is 529 g/mol. The van der Waals surface area contributed by atoms with Crippen molar-refractivity contribution in [3.63, 3.8) is 0 Å². The molecule has 0 unspecified atom stereocenters. The molecule has 1 N–H and O–H groups in total. The quantitative estimate of drug-likeness (QED) is 0.322. The Kier molecular flexibility index (Phi) is 9.37. The Labute approximate surface area is 219 Å². The molecule has 2 heterocycles. The molecule has 0 atom stereocenters. The second-order valence-electron chi connectivity index (χ2n) is 9.41. The van der Waals surface area contributed by atoms with Crippen LogP contribution in [0.5, 0.6) is 0 Å². The van der Waals surface area contributed by atoms with E-state index in [1.807, 2.05) is 0 Å². The van der Waals surface area contributed by atoms with Gasteiger partial charge in [0.05, 0.1) is 56.3 Å². The molecule has 3 amide bonds. The summed E-state index contributed by atoms with van der Waals surface area (Å²) in [6, 6.07) is 9.23. The van der Waals surface area contributed by atoms with E-state index >= 15 is 0 Å². The van der Waals surface area contributed by atoms with E-state index in [-0.39, 0.29) is 57.0 Å². The number of carboxylic acid groups (broad SMARTS) is 1. The van der Waals surface area contributed by atoms with Crippen LogP contribution < -0.4 is 10.5 Å². The summed E-state index contributed by atoms with van der Waals surface area (Å²) in [6.45, 7) is 5.38. The van der Waals surface area contributed by atoms with Gasteiger partial charge in [0, 0.05) is 12.3 Å². The van der Waals surface area contributed by atoms with Gasteiger partial charge >= 0.3 is 12.1 Å². The van der Waals surface area contributed by atoms with Crippen molar-refractivity contribution in [2.24, 2.45) is 0 Å². The number of nitrogens with zero attached hydrogens (tertiary/aromatic N) is 3. The zero-order valence-corrected chi connectivity index (χ0v) is 21.5. The molecule has 0 bridgehead atoms. The fourth-order valence-electron chi connectivity index (χ4n) is 3.67. The summed E-state index contributed by atoms with van der Waals surface area (Å²) < 4.78 is 17.5. The van der Waals surface area contributed by atoms with Crippen molar-refractivity contribution < 1.29 is 38.5 Å². The number of imide groups is 1. The van der Waals surface area contributed by atoms with Crippen LogP contribution in [-0.2, 0) is 25.5 Å². The largest absolute Gasteiger partial charge is 0.480 e. The number of anilines is 1. The van der Waals surface area contributed by atoms with E-state index in [1.165, 1.54) is 23.2 Å². The maximum absolute atomic E-state index is 12.8. The number of amides is 3. The fourth-order valence-corrected chi connectivity index (χ4v) is 3.67. The minimum absolute atomic E-state index is 0.0647. The molecule has 38 heavy (non-hydrogen) atoms. The summed E-state index contributed by atoms with van der Waals surface area (Å²) >= 11 is 0. The zero-order valence-electron chi connectivity index (χ0n) is 21.5. The van der Waals surface area contributed by atoms with Crippen LogP contribution in [0.3, 0.4) is 0 Å². The average molecular weight is 530 g/mol. The molecule has 0 radical (unpaired) electrons. The van der Waals surface area contributed by atoms with Gasteiger partial charge in [-0.1, -0.05) is 12.1 Å². The Bertz CT molecular complexity index is 1210. The van der Waals surface area contributed by atoms with E-state index in [4.69, 9.17) is 19.3 Å². The minimum Gasteiger partial charge on any atom is -0.480 e. The molecular weight excluding hydrogens is 498 g/mol. The summed E-state index contributed by atoms with van der Waals surface area (Å²) in [5, 5.41) is 9.04. The number of fused-ring (bicyclic) bond motifs is 1. The lowest BCUT2D eigenvalue weighted by molar-refractivity contribution is -0.137. The highest BCUT2D eigenvalue weighted by Gasteiger charge is 2.34. The second kappa shape index (κ2) is 12.5. The highest BCUT2D eigenvalue weighted by atomic mass is 16.6. The van der Waals surface area contributed by atoms with Gasteiger partial charge in [-0.2, -0.15) is 0 Å². The second-order valence-corrected chi connectivity index (χ2v) is 9.41. The van der Waals surface area contributed by atoms with E-state index < -0.39 is 29.8 Å². The van der Waals surface area contributed by atoms with Gasteiger partial charge in [-0.25, -0.2) is 4.79 Å². The van der Waals surface area contributed by atoms with Gasteiger partial charge in [0.15, 0.2) is 0 Å². The van der Waals surface area contributed by atoms with Gasteiger partial charge in [-0.05, 0) is 39.0 Å². The van der Waals surface area contributed by atoms with Gasteiger partial charge in [0.25, 0.3) is 17.4 Å². The molecule has 0 saturated carbocycles. The number of aliphatic carboxylic acids is 1. The van der Waals surface area contributed by atoms with Crippen LogP contribution in [0.2, 0.25) is 0 Å². The molecule has 1 aromatic carbocycles. The maximum Gasteiger partial charge on any atom is 0.414 e. The van der Waals surface area contributed by atoms with Crippen molar-refractivity contribution >= 4 is 29.6 Å². The third-order valence-corrected chi connectivity index (χ3v) is 5.37. The molecule has 1 aliphatic rings. The number of carbonyl (C=O) groups excluding carboxylic acids is 3. The first-order valence-corrected chi connectivity index (χ1v) is 12.0. The van der Waals surface area contributed by atoms with Crippen molar-refractivity contribution in [1.82, 2.24) is 9.47 Å². The van der Waals surface area contributed by atoms with Crippen LogP contribution in [0.4, 0.5) is 10.5 Å². The first kappa shape index (κ1) is 28.5. The van der Waals surface area contributed by atoms with Crippen molar-refractivity contribution in [3.8, 4) is 0 Å². The van der Waals surface area contributed by atoms with Gasteiger partial charge in [0.1, 0.15) is 12.1 Å². The number of carbonyl (C=O) groups is 4. The molecule has 0 fully saturated rings. The Morgan fingerprint density at radius 3 is 2.08 bits per heavy atom. The molecule has 2 aromatic rings. The number of pyridine rings is 1.